The van der Waals surface area contributed by atoms with Crippen LogP contribution in [0.2, 0.25) is 0 Å². The Bertz CT molecular complexity index is 337. The van der Waals surface area contributed by atoms with Gasteiger partial charge in [0.15, 0.2) is 0 Å². The molecule has 16 heavy (non-hydrogen) atoms. The lowest BCUT2D eigenvalue weighted by molar-refractivity contribution is 0.475. The summed E-state index contributed by atoms with van der Waals surface area (Å²) in [5.74, 6) is 0.226. The Kier molecular flexibility index (Phi) is 5.42. The SMILES string of the molecule is CCCCCCC(C#N)c1ccc(O)cc1. The molecule has 86 valence electrons. The molecule has 0 spiro atoms. The Labute approximate surface area is 97.5 Å². The second-order valence-electron chi connectivity index (χ2n) is 4.12. The fourth-order valence-corrected chi connectivity index (χ4v) is 1.79. The lowest BCUT2D eigenvalue weighted by Crippen LogP contribution is -1.95. The monoisotopic (exact) mass is 217 g/mol. The summed E-state index contributed by atoms with van der Waals surface area (Å²) >= 11 is 0. The van der Waals surface area contributed by atoms with E-state index in [9.17, 15) is 5.11 Å². The van der Waals surface area contributed by atoms with E-state index in [0.717, 1.165) is 18.4 Å². The van der Waals surface area contributed by atoms with Gasteiger partial charge in [-0.1, -0.05) is 44.7 Å². The number of hydrogen-bond donors (Lipinski definition) is 1. The van der Waals surface area contributed by atoms with Gasteiger partial charge in [-0.05, 0) is 24.1 Å². The van der Waals surface area contributed by atoms with Crippen LogP contribution in [0.15, 0.2) is 24.3 Å². The number of nitrogens with zero attached hydrogens (tertiary/aromatic N) is 1. The lowest BCUT2D eigenvalue weighted by Gasteiger charge is -2.09. The van der Waals surface area contributed by atoms with E-state index in [0.29, 0.717) is 0 Å². The quantitative estimate of drug-likeness (QED) is 0.733. The number of aromatic hydroxyl groups is 1. The molecule has 0 saturated heterocycles. The Morgan fingerprint density at radius 1 is 1.19 bits per heavy atom. The van der Waals surface area contributed by atoms with E-state index in [1.54, 1.807) is 12.1 Å². The van der Waals surface area contributed by atoms with Crippen LogP contribution in [0.4, 0.5) is 0 Å². The third-order valence-corrected chi connectivity index (χ3v) is 2.80. The highest BCUT2D eigenvalue weighted by Crippen LogP contribution is 2.23. The molecule has 2 heteroatoms. The number of benzene rings is 1. The zero-order chi connectivity index (χ0) is 11.8. The maximum atomic E-state index is 9.17. The van der Waals surface area contributed by atoms with E-state index in [1.165, 1.54) is 19.3 Å². The Morgan fingerprint density at radius 3 is 2.44 bits per heavy atom. The zero-order valence-corrected chi connectivity index (χ0v) is 9.82. The molecule has 1 unspecified atom stereocenters. The Balaban J connectivity index is 2.48. The van der Waals surface area contributed by atoms with Gasteiger partial charge in [0.05, 0.1) is 12.0 Å². The average Bonchev–Trinajstić information content (AvgIpc) is 2.31. The Hall–Kier alpha value is -1.49. The van der Waals surface area contributed by atoms with Crippen LogP contribution in [0.1, 0.15) is 50.5 Å². The molecule has 1 aromatic rings. The number of phenolic OH excluding ortho intramolecular Hbond substituents is 1. The molecule has 0 fully saturated rings. The van der Waals surface area contributed by atoms with Crippen molar-refractivity contribution in [3.8, 4) is 11.8 Å². The molecule has 1 atom stereocenters. The largest absolute Gasteiger partial charge is 0.508 e. The maximum Gasteiger partial charge on any atom is 0.115 e. The first-order chi connectivity index (χ1) is 7.77. The van der Waals surface area contributed by atoms with Crippen molar-refractivity contribution in [3.63, 3.8) is 0 Å². The molecule has 0 amide bonds. The lowest BCUT2D eigenvalue weighted by atomic mass is 9.94. The molecule has 0 heterocycles. The van der Waals surface area contributed by atoms with E-state index in [4.69, 9.17) is 5.26 Å². The van der Waals surface area contributed by atoms with Crippen molar-refractivity contribution >= 4 is 0 Å². The van der Waals surface area contributed by atoms with Gasteiger partial charge < -0.3 is 5.11 Å². The van der Waals surface area contributed by atoms with Crippen LogP contribution >= 0.6 is 0 Å². The number of phenols is 1. The van der Waals surface area contributed by atoms with Crippen molar-refractivity contribution in [1.82, 2.24) is 0 Å². The Morgan fingerprint density at radius 2 is 1.88 bits per heavy atom. The van der Waals surface area contributed by atoms with Crippen molar-refractivity contribution in [3.05, 3.63) is 29.8 Å². The molecule has 1 aromatic carbocycles. The second-order valence-corrected chi connectivity index (χ2v) is 4.12. The van der Waals surface area contributed by atoms with Crippen molar-refractivity contribution in [1.29, 1.82) is 5.26 Å². The van der Waals surface area contributed by atoms with Gasteiger partial charge in [-0.15, -0.1) is 0 Å². The smallest absolute Gasteiger partial charge is 0.115 e. The first kappa shape index (κ1) is 12.6. The number of rotatable bonds is 6. The summed E-state index contributed by atoms with van der Waals surface area (Å²) in [5, 5.41) is 18.3. The van der Waals surface area contributed by atoms with Gasteiger partial charge in [-0.3, -0.25) is 0 Å². The molecular formula is C14H19NO. The molecule has 0 saturated carbocycles. The van der Waals surface area contributed by atoms with Gasteiger partial charge in [0.25, 0.3) is 0 Å². The highest BCUT2D eigenvalue weighted by atomic mass is 16.3. The maximum absolute atomic E-state index is 9.17. The molecule has 0 radical (unpaired) electrons. The predicted octanol–water partition coefficient (Wildman–Crippen LogP) is 3.97. The number of unbranched alkanes of at least 4 members (excludes halogenated alkanes) is 3. The fraction of sp³-hybridized carbons (Fsp3) is 0.500. The van der Waals surface area contributed by atoms with E-state index in [2.05, 4.69) is 13.0 Å². The minimum Gasteiger partial charge on any atom is -0.508 e. The zero-order valence-electron chi connectivity index (χ0n) is 9.82. The second kappa shape index (κ2) is 6.90. The van der Waals surface area contributed by atoms with Crippen molar-refractivity contribution < 1.29 is 5.11 Å². The molecule has 0 aromatic heterocycles. The van der Waals surface area contributed by atoms with Crippen LogP contribution in [0.3, 0.4) is 0 Å². The van der Waals surface area contributed by atoms with Crippen LogP contribution < -0.4 is 0 Å². The van der Waals surface area contributed by atoms with Gasteiger partial charge in [0.2, 0.25) is 0 Å². The number of nitriles is 1. The summed E-state index contributed by atoms with van der Waals surface area (Å²) < 4.78 is 0. The first-order valence-corrected chi connectivity index (χ1v) is 5.96. The van der Waals surface area contributed by atoms with Crippen LogP contribution in [0, 0.1) is 11.3 Å². The summed E-state index contributed by atoms with van der Waals surface area (Å²) in [7, 11) is 0. The van der Waals surface area contributed by atoms with Crippen LogP contribution in [0.5, 0.6) is 5.75 Å². The van der Waals surface area contributed by atoms with Gasteiger partial charge >= 0.3 is 0 Å². The minimum atomic E-state index is -0.0301. The summed E-state index contributed by atoms with van der Waals surface area (Å²) in [4.78, 5) is 0. The summed E-state index contributed by atoms with van der Waals surface area (Å²) in [6, 6.07) is 9.29. The fourth-order valence-electron chi connectivity index (χ4n) is 1.79. The summed E-state index contributed by atoms with van der Waals surface area (Å²) in [6.45, 7) is 2.18. The van der Waals surface area contributed by atoms with Crippen molar-refractivity contribution in [2.45, 2.75) is 44.9 Å². The normalized spacial score (nSPS) is 12.0. The third kappa shape index (κ3) is 3.94. The van der Waals surface area contributed by atoms with E-state index < -0.39 is 0 Å². The molecule has 0 aliphatic carbocycles. The summed E-state index contributed by atoms with van der Waals surface area (Å²) in [6.07, 6.45) is 5.69. The van der Waals surface area contributed by atoms with E-state index in [1.807, 2.05) is 12.1 Å². The molecule has 0 aliphatic rings. The average molecular weight is 217 g/mol. The highest BCUT2D eigenvalue weighted by molar-refractivity contribution is 5.30. The molecule has 1 rings (SSSR count). The van der Waals surface area contributed by atoms with Crippen molar-refractivity contribution in [2.75, 3.05) is 0 Å². The minimum absolute atomic E-state index is 0.0301. The molecule has 2 nitrogen and oxygen atoms in total. The van der Waals surface area contributed by atoms with Crippen LogP contribution in [-0.4, -0.2) is 5.11 Å². The van der Waals surface area contributed by atoms with Crippen LogP contribution in [0.25, 0.3) is 0 Å². The van der Waals surface area contributed by atoms with E-state index >= 15 is 0 Å². The van der Waals surface area contributed by atoms with Gasteiger partial charge in [-0.2, -0.15) is 5.26 Å². The van der Waals surface area contributed by atoms with E-state index in [-0.39, 0.29) is 11.7 Å². The van der Waals surface area contributed by atoms with Crippen molar-refractivity contribution in [2.24, 2.45) is 0 Å². The van der Waals surface area contributed by atoms with Gasteiger partial charge in [0.1, 0.15) is 5.75 Å². The van der Waals surface area contributed by atoms with Gasteiger partial charge in [-0.25, -0.2) is 0 Å². The topological polar surface area (TPSA) is 44.0 Å². The molecule has 1 N–H and O–H groups in total. The predicted molar refractivity (Wildman–Crippen MR) is 65.2 cm³/mol. The molecule has 0 bridgehead atoms. The summed E-state index contributed by atoms with van der Waals surface area (Å²) in [5.41, 5.74) is 1.01. The van der Waals surface area contributed by atoms with Gasteiger partial charge in [0, 0.05) is 0 Å². The first-order valence-electron chi connectivity index (χ1n) is 5.96. The standard InChI is InChI=1S/C14H19NO/c1-2-3-4-5-6-13(11-15)12-7-9-14(16)10-8-12/h7-10,13,16H,2-6H2,1H3. The molecular weight excluding hydrogens is 198 g/mol. The molecule has 0 aliphatic heterocycles. The number of hydrogen-bond acceptors (Lipinski definition) is 2. The van der Waals surface area contributed by atoms with Crippen LogP contribution in [-0.2, 0) is 0 Å². The third-order valence-electron chi connectivity index (χ3n) is 2.80. The highest BCUT2D eigenvalue weighted by Gasteiger charge is 2.09.